The first-order chi connectivity index (χ1) is 6.88. The molecule has 80 valence electrons. The second kappa shape index (κ2) is 4.49. The standard InChI is InChI=1S/C10H6ClF3O/c11-8-3-1-7(2-4-8)9(15)5-6-10(12,13)14/h1-6H/b6-5+. The Hall–Kier alpha value is -1.29. The fourth-order valence-corrected chi connectivity index (χ4v) is 1.01. The van der Waals surface area contributed by atoms with Crippen LogP contribution in [-0.2, 0) is 0 Å². The third kappa shape index (κ3) is 4.16. The Labute approximate surface area is 89.2 Å². The lowest BCUT2D eigenvalue weighted by atomic mass is 10.1. The molecule has 0 spiro atoms. The van der Waals surface area contributed by atoms with Gasteiger partial charge in [-0.2, -0.15) is 13.2 Å². The molecule has 0 aliphatic carbocycles. The minimum absolute atomic E-state index is 0.0933. The molecule has 1 aromatic carbocycles. The molecule has 0 radical (unpaired) electrons. The number of carbonyl (C=O) groups excluding carboxylic acids is 1. The van der Waals surface area contributed by atoms with Gasteiger partial charge in [0.05, 0.1) is 0 Å². The lowest BCUT2D eigenvalue weighted by Gasteiger charge is -1.98. The topological polar surface area (TPSA) is 17.1 Å². The Bertz CT molecular complexity index is 379. The third-order valence-electron chi connectivity index (χ3n) is 1.55. The van der Waals surface area contributed by atoms with Crippen LogP contribution in [0.5, 0.6) is 0 Å². The molecule has 0 saturated heterocycles. The van der Waals surface area contributed by atoms with E-state index in [9.17, 15) is 18.0 Å². The molecular weight excluding hydrogens is 229 g/mol. The van der Waals surface area contributed by atoms with Crippen LogP contribution in [0.2, 0.25) is 5.02 Å². The van der Waals surface area contributed by atoms with Gasteiger partial charge in [-0.05, 0) is 30.3 Å². The number of benzene rings is 1. The maximum atomic E-state index is 11.7. The second-order valence-electron chi connectivity index (χ2n) is 2.75. The van der Waals surface area contributed by atoms with Crippen LogP contribution < -0.4 is 0 Å². The van der Waals surface area contributed by atoms with Crippen molar-refractivity contribution in [1.82, 2.24) is 0 Å². The molecule has 1 nitrogen and oxygen atoms in total. The van der Waals surface area contributed by atoms with E-state index >= 15 is 0 Å². The Morgan fingerprint density at radius 1 is 1.20 bits per heavy atom. The molecule has 0 aliphatic heterocycles. The van der Waals surface area contributed by atoms with Gasteiger partial charge in [-0.3, -0.25) is 4.79 Å². The van der Waals surface area contributed by atoms with Crippen LogP contribution in [0.4, 0.5) is 13.2 Å². The first kappa shape index (κ1) is 11.8. The Morgan fingerprint density at radius 3 is 2.20 bits per heavy atom. The lowest BCUT2D eigenvalue weighted by Crippen LogP contribution is -2.03. The maximum Gasteiger partial charge on any atom is 0.409 e. The predicted molar refractivity (Wildman–Crippen MR) is 51.0 cm³/mol. The molecule has 1 rings (SSSR count). The first-order valence-electron chi connectivity index (χ1n) is 3.94. The number of allylic oxidation sites excluding steroid dienone is 2. The zero-order chi connectivity index (χ0) is 11.5. The summed E-state index contributed by atoms with van der Waals surface area (Å²) in [7, 11) is 0. The molecule has 0 saturated carbocycles. The summed E-state index contributed by atoms with van der Waals surface area (Å²) in [4.78, 5) is 11.2. The molecule has 1 aromatic rings. The first-order valence-corrected chi connectivity index (χ1v) is 4.32. The highest BCUT2D eigenvalue weighted by atomic mass is 35.5. The monoisotopic (exact) mass is 234 g/mol. The Kier molecular flexibility index (Phi) is 3.52. The maximum absolute atomic E-state index is 11.7. The number of carbonyl (C=O) groups is 1. The average molecular weight is 235 g/mol. The van der Waals surface area contributed by atoms with E-state index in [1.165, 1.54) is 24.3 Å². The fraction of sp³-hybridized carbons (Fsp3) is 0.100. The summed E-state index contributed by atoms with van der Waals surface area (Å²) >= 11 is 5.56. The molecule has 0 bridgehead atoms. The van der Waals surface area contributed by atoms with E-state index < -0.39 is 12.0 Å². The van der Waals surface area contributed by atoms with Gasteiger partial charge in [0.2, 0.25) is 0 Å². The summed E-state index contributed by atoms with van der Waals surface area (Å²) in [5.41, 5.74) is 0.167. The highest BCUT2D eigenvalue weighted by molar-refractivity contribution is 6.30. The Balaban J connectivity index is 2.78. The van der Waals surface area contributed by atoms with Gasteiger partial charge in [0.25, 0.3) is 0 Å². The van der Waals surface area contributed by atoms with E-state index in [-0.39, 0.29) is 11.6 Å². The van der Waals surface area contributed by atoms with Crippen molar-refractivity contribution in [2.24, 2.45) is 0 Å². The average Bonchev–Trinajstić information content (AvgIpc) is 2.14. The zero-order valence-electron chi connectivity index (χ0n) is 7.38. The molecule has 5 heteroatoms. The summed E-state index contributed by atoms with van der Waals surface area (Å²) in [6, 6.07) is 5.61. The van der Waals surface area contributed by atoms with E-state index in [4.69, 9.17) is 11.6 Å². The summed E-state index contributed by atoms with van der Waals surface area (Å²) in [6.45, 7) is 0. The largest absolute Gasteiger partial charge is 0.409 e. The lowest BCUT2D eigenvalue weighted by molar-refractivity contribution is -0.0799. The van der Waals surface area contributed by atoms with Crippen LogP contribution in [-0.4, -0.2) is 12.0 Å². The van der Waals surface area contributed by atoms with Gasteiger partial charge in [-0.25, -0.2) is 0 Å². The van der Waals surface area contributed by atoms with Crippen LogP contribution in [0.3, 0.4) is 0 Å². The highest BCUT2D eigenvalue weighted by Gasteiger charge is 2.22. The molecule has 15 heavy (non-hydrogen) atoms. The quantitative estimate of drug-likeness (QED) is 0.564. The number of hydrogen-bond donors (Lipinski definition) is 0. The number of ketones is 1. The molecule has 0 unspecified atom stereocenters. The molecule has 0 N–H and O–H groups in total. The SMILES string of the molecule is O=C(/C=C/C(F)(F)F)c1ccc(Cl)cc1. The van der Waals surface area contributed by atoms with Crippen LogP contribution in [0.1, 0.15) is 10.4 Å². The van der Waals surface area contributed by atoms with Crippen molar-refractivity contribution in [2.75, 3.05) is 0 Å². The molecule has 0 aromatic heterocycles. The van der Waals surface area contributed by atoms with Crippen LogP contribution in [0.25, 0.3) is 0 Å². The minimum atomic E-state index is -4.47. The number of hydrogen-bond acceptors (Lipinski definition) is 1. The van der Waals surface area contributed by atoms with Crippen molar-refractivity contribution in [3.8, 4) is 0 Å². The van der Waals surface area contributed by atoms with Crippen LogP contribution in [0, 0.1) is 0 Å². The van der Waals surface area contributed by atoms with E-state index in [0.29, 0.717) is 11.1 Å². The molecule has 0 fully saturated rings. The van der Waals surface area contributed by atoms with E-state index in [1.54, 1.807) is 0 Å². The predicted octanol–water partition coefficient (Wildman–Crippen LogP) is 3.64. The smallest absolute Gasteiger partial charge is 0.289 e. The van der Waals surface area contributed by atoms with Gasteiger partial charge < -0.3 is 0 Å². The van der Waals surface area contributed by atoms with Gasteiger partial charge in [0, 0.05) is 16.7 Å². The van der Waals surface area contributed by atoms with E-state index in [2.05, 4.69) is 0 Å². The molecule has 0 heterocycles. The number of halogens is 4. The van der Waals surface area contributed by atoms with Crippen molar-refractivity contribution >= 4 is 17.4 Å². The summed E-state index contributed by atoms with van der Waals surface area (Å²) in [6.07, 6.45) is -4.07. The van der Waals surface area contributed by atoms with Crippen molar-refractivity contribution in [3.05, 3.63) is 47.0 Å². The summed E-state index contributed by atoms with van der Waals surface area (Å²) in [5, 5.41) is 0.423. The molecule has 0 amide bonds. The Morgan fingerprint density at radius 2 is 1.73 bits per heavy atom. The van der Waals surface area contributed by atoms with Gasteiger partial charge in [0.1, 0.15) is 0 Å². The second-order valence-corrected chi connectivity index (χ2v) is 3.18. The third-order valence-corrected chi connectivity index (χ3v) is 1.80. The van der Waals surface area contributed by atoms with Gasteiger partial charge >= 0.3 is 6.18 Å². The molecule has 0 aliphatic rings. The minimum Gasteiger partial charge on any atom is -0.289 e. The van der Waals surface area contributed by atoms with Crippen LogP contribution in [0.15, 0.2) is 36.4 Å². The van der Waals surface area contributed by atoms with Gasteiger partial charge in [-0.15, -0.1) is 0 Å². The van der Waals surface area contributed by atoms with Crippen LogP contribution >= 0.6 is 11.6 Å². The van der Waals surface area contributed by atoms with Crippen molar-refractivity contribution < 1.29 is 18.0 Å². The van der Waals surface area contributed by atoms with Crippen molar-refractivity contribution in [3.63, 3.8) is 0 Å². The molecular formula is C10H6ClF3O. The van der Waals surface area contributed by atoms with Gasteiger partial charge in [-0.1, -0.05) is 11.6 Å². The highest BCUT2D eigenvalue weighted by Crippen LogP contribution is 2.17. The number of alkyl halides is 3. The summed E-state index contributed by atoms with van der Waals surface area (Å²) in [5.74, 6) is -0.705. The van der Waals surface area contributed by atoms with E-state index in [1.807, 2.05) is 0 Å². The normalized spacial score (nSPS) is 12.0. The summed E-state index contributed by atoms with van der Waals surface area (Å²) < 4.78 is 35.2. The van der Waals surface area contributed by atoms with Crippen molar-refractivity contribution in [2.45, 2.75) is 6.18 Å². The zero-order valence-corrected chi connectivity index (χ0v) is 8.14. The number of rotatable bonds is 2. The van der Waals surface area contributed by atoms with Gasteiger partial charge in [0.15, 0.2) is 5.78 Å². The fourth-order valence-electron chi connectivity index (χ4n) is 0.881. The van der Waals surface area contributed by atoms with Crippen molar-refractivity contribution in [1.29, 1.82) is 0 Å². The molecule has 0 atom stereocenters. The van der Waals surface area contributed by atoms with E-state index in [0.717, 1.165) is 0 Å².